The van der Waals surface area contributed by atoms with Crippen LogP contribution in [0.4, 0.5) is 0 Å². The second kappa shape index (κ2) is 5.73. The van der Waals surface area contributed by atoms with Gasteiger partial charge in [-0.3, -0.25) is 4.79 Å². The molecule has 0 saturated heterocycles. The highest BCUT2D eigenvalue weighted by Crippen LogP contribution is 2.16. The van der Waals surface area contributed by atoms with Crippen molar-refractivity contribution in [3.63, 3.8) is 0 Å². The van der Waals surface area contributed by atoms with E-state index in [1.165, 1.54) is 7.11 Å². The molecule has 0 aliphatic rings. The van der Waals surface area contributed by atoms with Crippen molar-refractivity contribution in [3.8, 4) is 0 Å². The molecule has 0 unspecified atom stereocenters. The van der Waals surface area contributed by atoms with Crippen molar-refractivity contribution in [1.82, 2.24) is 4.90 Å². The van der Waals surface area contributed by atoms with Gasteiger partial charge in [0.25, 0.3) is 0 Å². The van der Waals surface area contributed by atoms with Crippen molar-refractivity contribution < 1.29 is 9.53 Å². The molecular weight excluding hydrogens is 214 g/mol. The van der Waals surface area contributed by atoms with Crippen LogP contribution in [-0.4, -0.2) is 31.6 Å². The molecule has 3 nitrogen and oxygen atoms in total. The SMILES string of the molecule is COCC(=O)N(C)Cc1ccccc1Cl. The van der Waals surface area contributed by atoms with Gasteiger partial charge < -0.3 is 9.64 Å². The minimum Gasteiger partial charge on any atom is -0.375 e. The number of carbonyl (C=O) groups is 1. The highest BCUT2D eigenvalue weighted by Gasteiger charge is 2.09. The molecule has 82 valence electrons. The summed E-state index contributed by atoms with van der Waals surface area (Å²) in [5.74, 6) is -0.0579. The molecule has 0 aliphatic heterocycles. The van der Waals surface area contributed by atoms with Gasteiger partial charge in [-0.2, -0.15) is 0 Å². The predicted octanol–water partition coefficient (Wildman–Crippen LogP) is 1.94. The van der Waals surface area contributed by atoms with Gasteiger partial charge in [-0.25, -0.2) is 0 Å². The lowest BCUT2D eigenvalue weighted by molar-refractivity contribution is -0.134. The Bertz CT molecular complexity index is 341. The first-order valence-electron chi connectivity index (χ1n) is 4.61. The molecule has 0 atom stereocenters. The molecule has 0 N–H and O–H groups in total. The molecule has 0 radical (unpaired) electrons. The van der Waals surface area contributed by atoms with E-state index in [1.54, 1.807) is 11.9 Å². The van der Waals surface area contributed by atoms with Crippen molar-refractivity contribution >= 4 is 17.5 Å². The minimum absolute atomic E-state index is 0.0579. The van der Waals surface area contributed by atoms with Crippen molar-refractivity contribution in [3.05, 3.63) is 34.9 Å². The number of methoxy groups -OCH3 is 1. The van der Waals surface area contributed by atoms with Crippen molar-refractivity contribution in [2.24, 2.45) is 0 Å². The lowest BCUT2D eigenvalue weighted by Crippen LogP contribution is -2.29. The van der Waals surface area contributed by atoms with E-state index in [-0.39, 0.29) is 12.5 Å². The molecule has 1 amide bonds. The summed E-state index contributed by atoms with van der Waals surface area (Å²) in [7, 11) is 3.23. The first kappa shape index (κ1) is 12.0. The van der Waals surface area contributed by atoms with E-state index < -0.39 is 0 Å². The highest BCUT2D eigenvalue weighted by molar-refractivity contribution is 6.31. The number of halogens is 1. The summed E-state index contributed by atoms with van der Waals surface area (Å²) in [5, 5.41) is 0.676. The molecule has 0 fully saturated rings. The zero-order chi connectivity index (χ0) is 11.3. The zero-order valence-corrected chi connectivity index (χ0v) is 9.62. The number of hydrogen-bond donors (Lipinski definition) is 0. The smallest absolute Gasteiger partial charge is 0.248 e. The van der Waals surface area contributed by atoms with E-state index in [9.17, 15) is 4.79 Å². The molecule has 4 heteroatoms. The van der Waals surface area contributed by atoms with Crippen LogP contribution in [-0.2, 0) is 16.1 Å². The molecule has 1 rings (SSSR count). The number of benzene rings is 1. The maximum absolute atomic E-state index is 11.4. The minimum atomic E-state index is -0.0579. The number of carbonyl (C=O) groups excluding carboxylic acids is 1. The van der Waals surface area contributed by atoms with Gasteiger partial charge in [-0.05, 0) is 11.6 Å². The molecule has 0 spiro atoms. The fourth-order valence-electron chi connectivity index (χ4n) is 1.20. The largest absolute Gasteiger partial charge is 0.375 e. The standard InChI is InChI=1S/C11H14ClNO2/c1-13(11(14)8-15-2)7-9-5-3-4-6-10(9)12/h3-6H,7-8H2,1-2H3. The normalized spacial score (nSPS) is 10.1. The third kappa shape index (κ3) is 3.53. The summed E-state index contributed by atoms with van der Waals surface area (Å²) in [6.07, 6.45) is 0. The van der Waals surface area contributed by atoms with E-state index in [4.69, 9.17) is 16.3 Å². The van der Waals surface area contributed by atoms with E-state index in [0.717, 1.165) is 5.56 Å². The topological polar surface area (TPSA) is 29.5 Å². The summed E-state index contributed by atoms with van der Waals surface area (Å²) in [5.41, 5.74) is 0.936. The maximum Gasteiger partial charge on any atom is 0.248 e. The quantitative estimate of drug-likeness (QED) is 0.787. The monoisotopic (exact) mass is 227 g/mol. The van der Waals surface area contributed by atoms with Gasteiger partial charge in [0.1, 0.15) is 6.61 Å². The molecule has 0 aromatic heterocycles. The second-order valence-corrected chi connectivity index (χ2v) is 3.68. The van der Waals surface area contributed by atoms with Crippen LogP contribution in [0.15, 0.2) is 24.3 Å². The van der Waals surface area contributed by atoms with Crippen LogP contribution in [0.2, 0.25) is 5.02 Å². The van der Waals surface area contributed by atoms with Gasteiger partial charge in [0.2, 0.25) is 5.91 Å². The summed E-state index contributed by atoms with van der Waals surface area (Å²) in [6.45, 7) is 0.600. The van der Waals surface area contributed by atoms with Crippen molar-refractivity contribution in [2.75, 3.05) is 20.8 Å². The summed E-state index contributed by atoms with van der Waals surface area (Å²) in [4.78, 5) is 13.0. The molecule has 1 aromatic carbocycles. The molecule has 0 heterocycles. The first-order chi connectivity index (χ1) is 7.15. The summed E-state index contributed by atoms with van der Waals surface area (Å²) < 4.78 is 4.77. The Hall–Kier alpha value is -1.06. The molecule has 1 aromatic rings. The zero-order valence-electron chi connectivity index (χ0n) is 8.87. The van der Waals surface area contributed by atoms with Crippen LogP contribution >= 0.6 is 11.6 Å². The highest BCUT2D eigenvalue weighted by atomic mass is 35.5. The average Bonchev–Trinajstić information content (AvgIpc) is 2.21. The molecule has 0 saturated carbocycles. The third-order valence-corrected chi connectivity index (χ3v) is 2.43. The van der Waals surface area contributed by atoms with Crippen molar-refractivity contribution in [1.29, 1.82) is 0 Å². The van der Waals surface area contributed by atoms with E-state index in [2.05, 4.69) is 0 Å². The summed E-state index contributed by atoms with van der Waals surface area (Å²) >= 11 is 5.98. The average molecular weight is 228 g/mol. The van der Waals surface area contributed by atoms with Crippen LogP contribution in [0.25, 0.3) is 0 Å². The molecule has 0 aliphatic carbocycles. The fraction of sp³-hybridized carbons (Fsp3) is 0.364. The number of likely N-dealkylation sites (N-methyl/N-ethyl adjacent to an activating group) is 1. The van der Waals surface area contributed by atoms with Crippen LogP contribution < -0.4 is 0 Å². The lowest BCUT2D eigenvalue weighted by atomic mass is 10.2. The van der Waals surface area contributed by atoms with E-state index >= 15 is 0 Å². The predicted molar refractivity (Wildman–Crippen MR) is 59.8 cm³/mol. The van der Waals surface area contributed by atoms with Crippen molar-refractivity contribution in [2.45, 2.75) is 6.54 Å². The lowest BCUT2D eigenvalue weighted by Gasteiger charge is -2.17. The number of rotatable bonds is 4. The molecule has 0 bridgehead atoms. The van der Waals surface area contributed by atoms with Gasteiger partial charge >= 0.3 is 0 Å². The van der Waals surface area contributed by atoms with E-state index in [1.807, 2.05) is 24.3 Å². The van der Waals surface area contributed by atoms with Crippen LogP contribution in [0.1, 0.15) is 5.56 Å². The number of hydrogen-bond acceptors (Lipinski definition) is 2. The van der Waals surface area contributed by atoms with Gasteiger partial charge in [-0.1, -0.05) is 29.8 Å². The van der Waals surface area contributed by atoms with Gasteiger partial charge in [-0.15, -0.1) is 0 Å². The Kier molecular flexibility index (Phi) is 4.59. The van der Waals surface area contributed by atoms with Crippen LogP contribution in [0.5, 0.6) is 0 Å². The van der Waals surface area contributed by atoms with Gasteiger partial charge in [0.15, 0.2) is 0 Å². The summed E-state index contributed by atoms with van der Waals surface area (Å²) in [6, 6.07) is 7.48. The number of ether oxygens (including phenoxy) is 1. The van der Waals surface area contributed by atoms with E-state index in [0.29, 0.717) is 11.6 Å². The Balaban J connectivity index is 2.62. The molecular formula is C11H14ClNO2. The van der Waals surface area contributed by atoms with Crippen LogP contribution in [0.3, 0.4) is 0 Å². The second-order valence-electron chi connectivity index (χ2n) is 3.27. The Labute approximate surface area is 94.6 Å². The molecule has 15 heavy (non-hydrogen) atoms. The Morgan fingerprint density at radius 3 is 2.73 bits per heavy atom. The maximum atomic E-state index is 11.4. The number of nitrogens with zero attached hydrogens (tertiary/aromatic N) is 1. The third-order valence-electron chi connectivity index (χ3n) is 2.06. The van der Waals surface area contributed by atoms with Gasteiger partial charge in [0.05, 0.1) is 0 Å². The first-order valence-corrected chi connectivity index (χ1v) is 4.99. The Morgan fingerprint density at radius 2 is 2.13 bits per heavy atom. The van der Waals surface area contributed by atoms with Gasteiger partial charge in [0, 0.05) is 25.7 Å². The van der Waals surface area contributed by atoms with Crippen LogP contribution in [0, 0.1) is 0 Å². The Morgan fingerprint density at radius 1 is 1.47 bits per heavy atom. The fourth-order valence-corrected chi connectivity index (χ4v) is 1.40. The number of amides is 1.